The molecule has 0 radical (unpaired) electrons. The Morgan fingerprint density at radius 1 is 1.14 bits per heavy atom. The lowest BCUT2D eigenvalue weighted by molar-refractivity contribution is -0.325. The Hall–Kier alpha value is -1.51. The number of ether oxygens (including phenoxy) is 3. The summed E-state index contributed by atoms with van der Waals surface area (Å²) in [4.78, 5) is 23.1. The third-order valence-corrected chi connectivity index (χ3v) is 1.74. The average Bonchev–Trinajstić information content (AvgIpc) is 2.18. The molecule has 0 aliphatic carbocycles. The van der Waals surface area contributed by atoms with E-state index in [9.17, 15) is 22.8 Å². The summed E-state index contributed by atoms with van der Waals surface area (Å²) in [6.45, 7) is 6.65. The lowest BCUT2D eigenvalue weighted by Crippen LogP contribution is -2.48. The fourth-order valence-electron chi connectivity index (χ4n) is 1.11. The first-order valence-electron chi connectivity index (χ1n) is 6.21. The van der Waals surface area contributed by atoms with Gasteiger partial charge >= 0.3 is 18.4 Å². The highest BCUT2D eigenvalue weighted by Crippen LogP contribution is 2.17. The van der Waals surface area contributed by atoms with Gasteiger partial charge in [-0.25, -0.2) is 9.59 Å². The maximum atomic E-state index is 12.0. The van der Waals surface area contributed by atoms with Gasteiger partial charge in [-0.05, 0) is 34.6 Å². The van der Waals surface area contributed by atoms with Crippen LogP contribution in [0.25, 0.3) is 0 Å². The molecule has 0 aromatic carbocycles. The van der Waals surface area contributed by atoms with Gasteiger partial charge in [-0.15, -0.1) is 13.2 Å². The predicted octanol–water partition coefficient (Wildman–Crippen LogP) is 2.37. The fourth-order valence-corrected chi connectivity index (χ4v) is 1.11. The van der Waals surface area contributed by atoms with E-state index in [-0.39, 0.29) is 0 Å². The van der Waals surface area contributed by atoms with Crippen molar-refractivity contribution in [3.8, 4) is 0 Å². The summed E-state index contributed by atoms with van der Waals surface area (Å²) < 4.78 is 49.3. The van der Waals surface area contributed by atoms with Crippen LogP contribution in [0.1, 0.15) is 34.6 Å². The number of esters is 1. The largest absolute Gasteiger partial charge is 0.522 e. The highest BCUT2D eigenvalue weighted by molar-refractivity contribution is 5.81. The molecule has 0 bridgehead atoms. The summed E-state index contributed by atoms with van der Waals surface area (Å²) in [6.07, 6.45) is -6.52. The van der Waals surface area contributed by atoms with Crippen LogP contribution >= 0.6 is 0 Å². The number of carbonyl (C=O) groups is 2. The number of carbonyl (C=O) groups excluding carboxylic acids is 2. The molecular formula is C12H20F3NO5. The van der Waals surface area contributed by atoms with Crippen molar-refractivity contribution >= 4 is 12.1 Å². The molecule has 0 aliphatic heterocycles. The maximum Gasteiger partial charge on any atom is 0.522 e. The SMILES string of the molecule is CC(C)OC(=O)[C@H](COC(F)(F)F)NC(=O)OC(C)(C)C. The highest BCUT2D eigenvalue weighted by Gasteiger charge is 2.34. The number of halogens is 3. The minimum atomic E-state index is -4.92. The molecule has 0 aliphatic rings. The van der Waals surface area contributed by atoms with Gasteiger partial charge in [-0.2, -0.15) is 0 Å². The Balaban J connectivity index is 4.72. The third-order valence-electron chi connectivity index (χ3n) is 1.74. The Morgan fingerprint density at radius 2 is 1.67 bits per heavy atom. The number of nitrogens with one attached hydrogen (secondary N) is 1. The Bertz CT molecular complexity index is 363. The van der Waals surface area contributed by atoms with Gasteiger partial charge in [0.25, 0.3) is 0 Å². The van der Waals surface area contributed by atoms with Crippen molar-refractivity contribution < 1.29 is 37.0 Å². The average molecular weight is 315 g/mol. The normalized spacial score (nSPS) is 13.8. The molecule has 0 heterocycles. The van der Waals surface area contributed by atoms with Crippen molar-refractivity contribution in [3.05, 3.63) is 0 Å². The molecule has 0 unspecified atom stereocenters. The van der Waals surface area contributed by atoms with E-state index in [2.05, 4.69) is 4.74 Å². The van der Waals surface area contributed by atoms with Gasteiger partial charge in [0.2, 0.25) is 0 Å². The van der Waals surface area contributed by atoms with Gasteiger partial charge in [0.05, 0.1) is 12.7 Å². The van der Waals surface area contributed by atoms with Gasteiger partial charge < -0.3 is 14.8 Å². The van der Waals surface area contributed by atoms with Crippen LogP contribution in [-0.2, 0) is 19.0 Å². The van der Waals surface area contributed by atoms with E-state index in [1.165, 1.54) is 13.8 Å². The first kappa shape index (κ1) is 19.5. The van der Waals surface area contributed by atoms with Crippen molar-refractivity contribution in [1.29, 1.82) is 0 Å². The summed E-state index contributed by atoms with van der Waals surface area (Å²) in [5, 5.41) is 1.99. The van der Waals surface area contributed by atoms with Crippen molar-refractivity contribution in [2.45, 2.75) is 58.7 Å². The van der Waals surface area contributed by atoms with Gasteiger partial charge in [0.15, 0.2) is 6.04 Å². The van der Waals surface area contributed by atoms with Gasteiger partial charge in [-0.1, -0.05) is 0 Å². The highest BCUT2D eigenvalue weighted by atomic mass is 19.4. The van der Waals surface area contributed by atoms with Gasteiger partial charge in [0, 0.05) is 0 Å². The summed E-state index contributed by atoms with van der Waals surface area (Å²) >= 11 is 0. The molecule has 0 aromatic rings. The van der Waals surface area contributed by atoms with Crippen LogP contribution in [-0.4, -0.2) is 42.8 Å². The molecule has 1 atom stereocenters. The molecule has 1 amide bonds. The number of alkyl carbamates (subject to hydrolysis) is 1. The van der Waals surface area contributed by atoms with E-state index in [1.54, 1.807) is 20.8 Å². The van der Waals surface area contributed by atoms with Crippen molar-refractivity contribution in [3.63, 3.8) is 0 Å². The zero-order valence-electron chi connectivity index (χ0n) is 12.5. The van der Waals surface area contributed by atoms with Crippen LogP contribution in [0.15, 0.2) is 0 Å². The zero-order valence-corrected chi connectivity index (χ0v) is 12.5. The molecule has 9 heteroatoms. The molecule has 0 saturated heterocycles. The summed E-state index contributed by atoms with van der Waals surface area (Å²) in [7, 11) is 0. The molecule has 124 valence electrons. The molecule has 0 rings (SSSR count). The molecular weight excluding hydrogens is 295 g/mol. The molecule has 6 nitrogen and oxygen atoms in total. The molecule has 0 fully saturated rings. The molecule has 1 N–H and O–H groups in total. The Kier molecular flexibility index (Phi) is 6.95. The lowest BCUT2D eigenvalue weighted by Gasteiger charge is -2.23. The van der Waals surface area contributed by atoms with E-state index < -0.39 is 42.8 Å². The molecule has 0 spiro atoms. The van der Waals surface area contributed by atoms with Crippen molar-refractivity contribution in [1.82, 2.24) is 5.32 Å². The first-order chi connectivity index (χ1) is 9.30. The molecule has 21 heavy (non-hydrogen) atoms. The van der Waals surface area contributed by atoms with Gasteiger partial charge in [0.1, 0.15) is 5.60 Å². The van der Waals surface area contributed by atoms with Crippen molar-refractivity contribution in [2.24, 2.45) is 0 Å². The molecule has 0 saturated carbocycles. The van der Waals surface area contributed by atoms with Crippen LogP contribution in [0.4, 0.5) is 18.0 Å². The number of alkyl halides is 3. The second kappa shape index (κ2) is 7.48. The zero-order chi connectivity index (χ0) is 16.8. The summed E-state index contributed by atoms with van der Waals surface area (Å²) in [5.41, 5.74) is -0.860. The van der Waals surface area contributed by atoms with E-state index >= 15 is 0 Å². The van der Waals surface area contributed by atoms with E-state index in [0.29, 0.717) is 0 Å². The fraction of sp³-hybridized carbons (Fsp3) is 0.833. The second-order valence-corrected chi connectivity index (χ2v) is 5.44. The van der Waals surface area contributed by atoms with E-state index in [0.717, 1.165) is 0 Å². The minimum Gasteiger partial charge on any atom is -0.461 e. The third kappa shape index (κ3) is 10.9. The smallest absolute Gasteiger partial charge is 0.461 e. The van der Waals surface area contributed by atoms with Crippen LogP contribution in [0.3, 0.4) is 0 Å². The first-order valence-corrected chi connectivity index (χ1v) is 6.21. The number of amides is 1. The second-order valence-electron chi connectivity index (χ2n) is 5.44. The standard InChI is InChI=1S/C12H20F3NO5/c1-7(2)20-9(17)8(6-19-12(13,14)15)16-10(18)21-11(3,4)5/h7-8H,6H2,1-5H3,(H,16,18)/t8-/m0/s1. The van der Waals surface area contributed by atoms with Crippen LogP contribution in [0.5, 0.6) is 0 Å². The topological polar surface area (TPSA) is 73.9 Å². The minimum absolute atomic E-state index is 0.550. The van der Waals surface area contributed by atoms with Gasteiger partial charge in [-0.3, -0.25) is 4.74 Å². The summed E-state index contributed by atoms with van der Waals surface area (Å²) in [6, 6.07) is -1.62. The lowest BCUT2D eigenvalue weighted by atomic mass is 10.2. The molecule has 0 aromatic heterocycles. The van der Waals surface area contributed by atoms with Crippen LogP contribution < -0.4 is 5.32 Å². The predicted molar refractivity (Wildman–Crippen MR) is 66.4 cm³/mol. The maximum absolute atomic E-state index is 12.0. The van der Waals surface area contributed by atoms with Crippen molar-refractivity contribution in [2.75, 3.05) is 6.61 Å². The Labute approximate surface area is 120 Å². The van der Waals surface area contributed by atoms with Crippen LogP contribution in [0.2, 0.25) is 0 Å². The Morgan fingerprint density at radius 3 is 2.05 bits per heavy atom. The number of rotatable bonds is 5. The van der Waals surface area contributed by atoms with E-state index in [4.69, 9.17) is 9.47 Å². The van der Waals surface area contributed by atoms with E-state index in [1.807, 2.05) is 5.32 Å². The quantitative estimate of drug-likeness (QED) is 0.788. The number of hydrogen-bond donors (Lipinski definition) is 1. The number of hydrogen-bond acceptors (Lipinski definition) is 5. The van der Waals surface area contributed by atoms with Crippen LogP contribution in [0, 0.1) is 0 Å². The monoisotopic (exact) mass is 315 g/mol. The summed E-state index contributed by atoms with van der Waals surface area (Å²) in [5.74, 6) is -1.04.